The monoisotopic (exact) mass is 831 g/mol. The highest BCUT2D eigenvalue weighted by molar-refractivity contribution is 6.07. The van der Waals surface area contributed by atoms with Crippen LogP contribution >= 0.6 is 0 Å². The number of para-hydroxylation sites is 2. The van der Waals surface area contributed by atoms with Crippen molar-refractivity contribution in [3.8, 4) is 0 Å². The summed E-state index contributed by atoms with van der Waals surface area (Å²) in [7, 11) is 0. The molecule has 0 spiro atoms. The maximum atomic E-state index is 12.8. The molecule has 0 bridgehead atoms. The van der Waals surface area contributed by atoms with Crippen LogP contribution in [-0.4, -0.2) is 50.0 Å². The van der Waals surface area contributed by atoms with Crippen molar-refractivity contribution in [3.63, 3.8) is 0 Å². The van der Waals surface area contributed by atoms with Crippen LogP contribution in [-0.2, 0) is 19.0 Å². The lowest BCUT2D eigenvalue weighted by atomic mass is 10.0. The minimum absolute atomic E-state index is 0.133. The van der Waals surface area contributed by atoms with E-state index in [0.29, 0.717) is 19.6 Å². The van der Waals surface area contributed by atoms with E-state index in [2.05, 4.69) is 55.6 Å². The van der Waals surface area contributed by atoms with Gasteiger partial charge in [0.1, 0.15) is 12.7 Å². The zero-order valence-electron chi connectivity index (χ0n) is 38.9. The van der Waals surface area contributed by atoms with E-state index in [1.165, 1.54) is 167 Å². The summed E-state index contributed by atoms with van der Waals surface area (Å²) < 4.78 is 18.1. The van der Waals surface area contributed by atoms with Gasteiger partial charge in [-0.2, -0.15) is 0 Å². The van der Waals surface area contributed by atoms with Gasteiger partial charge in [0, 0.05) is 37.0 Å². The minimum Gasteiger partial charge on any atom is -0.463 e. The van der Waals surface area contributed by atoms with E-state index in [4.69, 9.17) is 19.2 Å². The highest BCUT2D eigenvalue weighted by Crippen LogP contribution is 2.30. The molecule has 0 aliphatic carbocycles. The molecule has 0 aliphatic heterocycles. The summed E-state index contributed by atoms with van der Waals surface area (Å²) >= 11 is 0. The first-order valence-electron chi connectivity index (χ1n) is 25.6. The van der Waals surface area contributed by atoms with Gasteiger partial charge in [0.2, 0.25) is 0 Å². The molecular weight excluding hydrogens is 741 g/mol. The number of aromatic nitrogens is 1. The highest BCUT2D eigenvalue weighted by Gasteiger charge is 2.14. The van der Waals surface area contributed by atoms with Crippen molar-refractivity contribution in [3.05, 3.63) is 48.5 Å². The number of carbonyl (C=O) groups is 1. The smallest absolute Gasteiger partial charge is 0.305 e. The van der Waals surface area contributed by atoms with Gasteiger partial charge in [-0.25, -0.2) is 4.98 Å². The number of nitrogens with one attached hydrogen (secondary N) is 1. The Labute approximate surface area is 368 Å². The molecule has 0 amide bonds. The molecule has 0 aliphatic rings. The number of nitrogens with zero attached hydrogens (tertiary/aromatic N) is 1. The molecule has 2 aromatic carbocycles. The second-order valence-electron chi connectivity index (χ2n) is 17.7. The SMILES string of the molecule is CCCCCCCCCCCCCCCCOCC(COC(=O)CCCCCNc1c2ccccc2nc2ccccc12)OCCCCCCCCCCCCCCCC. The van der Waals surface area contributed by atoms with Gasteiger partial charge < -0.3 is 19.5 Å². The molecule has 1 N–H and O–H groups in total. The van der Waals surface area contributed by atoms with Crippen LogP contribution in [0.3, 0.4) is 0 Å². The standard InChI is InChI=1S/C54H90N2O4/c1-3-5-7-9-11-13-15-17-19-21-23-25-27-36-44-58-46-48(59-45-37-28-26-24-22-20-18-16-14-12-10-8-6-4-2)47-60-53(57)42-30-29-35-43-55-54-49-38-31-33-40-51(49)56-52-41-34-32-39-50(52)54/h31-34,38-41,48H,3-30,35-37,42-47H2,1-2H3,(H,55,56). The Morgan fingerprint density at radius 2 is 0.917 bits per heavy atom. The lowest BCUT2D eigenvalue weighted by Gasteiger charge is -2.18. The lowest BCUT2D eigenvalue weighted by Crippen LogP contribution is -2.28. The molecule has 1 aromatic heterocycles. The summed E-state index contributed by atoms with van der Waals surface area (Å²) in [5.74, 6) is -0.133. The molecule has 0 saturated carbocycles. The number of hydrogen-bond acceptors (Lipinski definition) is 6. The zero-order valence-corrected chi connectivity index (χ0v) is 38.9. The predicted octanol–water partition coefficient (Wildman–Crippen LogP) is 16.3. The fraction of sp³-hybridized carbons (Fsp3) is 0.741. The number of hydrogen-bond donors (Lipinski definition) is 1. The molecule has 0 fully saturated rings. The van der Waals surface area contributed by atoms with E-state index in [0.717, 1.165) is 72.7 Å². The van der Waals surface area contributed by atoms with Crippen LogP contribution in [0.4, 0.5) is 5.69 Å². The van der Waals surface area contributed by atoms with E-state index in [1.807, 2.05) is 12.1 Å². The predicted molar refractivity (Wildman–Crippen MR) is 258 cm³/mol. The van der Waals surface area contributed by atoms with Gasteiger partial charge in [0.25, 0.3) is 0 Å². The number of fused-ring (bicyclic) bond motifs is 2. The van der Waals surface area contributed by atoms with Crippen LogP contribution < -0.4 is 5.32 Å². The highest BCUT2D eigenvalue weighted by atomic mass is 16.6. The van der Waals surface area contributed by atoms with Crippen LogP contribution in [0.2, 0.25) is 0 Å². The molecule has 1 heterocycles. The fourth-order valence-electron chi connectivity index (χ4n) is 8.38. The van der Waals surface area contributed by atoms with Crippen molar-refractivity contribution in [2.45, 2.75) is 225 Å². The number of esters is 1. The first-order valence-corrected chi connectivity index (χ1v) is 25.6. The number of unbranched alkanes of at least 4 members (excludes halogenated alkanes) is 28. The summed E-state index contributed by atoms with van der Waals surface area (Å²) in [5, 5.41) is 5.97. The number of carbonyl (C=O) groups excluding carboxylic acids is 1. The van der Waals surface area contributed by atoms with Gasteiger partial charge in [-0.1, -0.05) is 224 Å². The van der Waals surface area contributed by atoms with Crippen LogP contribution in [0.15, 0.2) is 48.5 Å². The number of ether oxygens (including phenoxy) is 3. The van der Waals surface area contributed by atoms with E-state index < -0.39 is 0 Å². The topological polar surface area (TPSA) is 69.7 Å². The average molecular weight is 831 g/mol. The van der Waals surface area contributed by atoms with E-state index in [1.54, 1.807) is 0 Å². The molecule has 6 nitrogen and oxygen atoms in total. The van der Waals surface area contributed by atoms with Gasteiger partial charge >= 0.3 is 5.97 Å². The van der Waals surface area contributed by atoms with Gasteiger partial charge in [-0.3, -0.25) is 4.79 Å². The Kier molecular flexibility index (Phi) is 31.8. The average Bonchev–Trinajstić information content (AvgIpc) is 3.27. The lowest BCUT2D eigenvalue weighted by molar-refractivity contribution is -0.150. The maximum Gasteiger partial charge on any atom is 0.305 e. The second kappa shape index (κ2) is 36.9. The zero-order chi connectivity index (χ0) is 42.4. The molecule has 3 rings (SSSR count). The van der Waals surface area contributed by atoms with E-state index in [-0.39, 0.29) is 18.7 Å². The molecule has 6 heteroatoms. The van der Waals surface area contributed by atoms with Crippen molar-refractivity contribution in [2.24, 2.45) is 0 Å². The van der Waals surface area contributed by atoms with Crippen LogP contribution in [0.1, 0.15) is 219 Å². The first kappa shape index (κ1) is 51.6. The van der Waals surface area contributed by atoms with Gasteiger partial charge in [0.15, 0.2) is 0 Å². The van der Waals surface area contributed by atoms with Crippen molar-refractivity contribution >= 4 is 33.5 Å². The fourth-order valence-corrected chi connectivity index (χ4v) is 8.38. The molecule has 0 radical (unpaired) electrons. The normalized spacial score (nSPS) is 12.1. The summed E-state index contributed by atoms with van der Waals surface area (Å²) in [6.45, 7) is 7.66. The Morgan fingerprint density at radius 3 is 1.40 bits per heavy atom. The molecule has 340 valence electrons. The summed E-state index contributed by atoms with van der Waals surface area (Å²) in [6, 6.07) is 16.6. The third-order valence-electron chi connectivity index (χ3n) is 12.2. The number of benzene rings is 2. The Bertz CT molecular complexity index is 1390. The van der Waals surface area contributed by atoms with Crippen molar-refractivity contribution in [2.75, 3.05) is 38.3 Å². The van der Waals surface area contributed by atoms with Gasteiger partial charge in [0.05, 0.1) is 23.3 Å². The van der Waals surface area contributed by atoms with Crippen molar-refractivity contribution in [1.82, 2.24) is 4.98 Å². The largest absolute Gasteiger partial charge is 0.463 e. The third kappa shape index (κ3) is 25.3. The summed E-state index contributed by atoms with van der Waals surface area (Å²) in [5.41, 5.74) is 3.15. The maximum absolute atomic E-state index is 12.8. The molecule has 3 aromatic rings. The quantitative estimate of drug-likeness (QED) is 0.0348. The summed E-state index contributed by atoms with van der Waals surface area (Å²) in [6.07, 6.45) is 40.8. The molecule has 0 saturated heterocycles. The summed E-state index contributed by atoms with van der Waals surface area (Å²) in [4.78, 5) is 17.6. The van der Waals surface area contributed by atoms with Crippen molar-refractivity contribution < 1.29 is 19.0 Å². The minimum atomic E-state index is -0.197. The number of anilines is 1. The number of rotatable bonds is 42. The van der Waals surface area contributed by atoms with Crippen LogP contribution in [0, 0.1) is 0 Å². The molecule has 1 atom stereocenters. The second-order valence-corrected chi connectivity index (χ2v) is 17.7. The Balaban J connectivity index is 1.26. The van der Waals surface area contributed by atoms with Gasteiger partial charge in [-0.15, -0.1) is 0 Å². The van der Waals surface area contributed by atoms with E-state index >= 15 is 0 Å². The molecular formula is C54H90N2O4. The molecule has 60 heavy (non-hydrogen) atoms. The Morgan fingerprint density at radius 1 is 0.500 bits per heavy atom. The molecule has 1 unspecified atom stereocenters. The number of pyridine rings is 1. The van der Waals surface area contributed by atoms with Crippen LogP contribution in [0.5, 0.6) is 0 Å². The third-order valence-corrected chi connectivity index (χ3v) is 12.2. The van der Waals surface area contributed by atoms with Crippen LogP contribution in [0.25, 0.3) is 21.8 Å². The van der Waals surface area contributed by atoms with E-state index in [9.17, 15) is 4.79 Å². The Hall–Kier alpha value is -2.70. The van der Waals surface area contributed by atoms with Crippen molar-refractivity contribution in [1.29, 1.82) is 0 Å². The van der Waals surface area contributed by atoms with Gasteiger partial charge in [-0.05, 0) is 37.8 Å². The first-order chi connectivity index (χ1) is 29.7.